The summed E-state index contributed by atoms with van der Waals surface area (Å²) in [4.78, 5) is 28.0. The van der Waals surface area contributed by atoms with Gasteiger partial charge in [-0.05, 0) is 88.1 Å². The topological polar surface area (TPSA) is 51.5 Å². The lowest BCUT2D eigenvalue weighted by atomic mass is 10.0. The normalized spacial score (nSPS) is 14.9. The third-order valence-corrected chi connectivity index (χ3v) is 6.88. The number of hydrogen-bond acceptors (Lipinski definition) is 3. The van der Waals surface area contributed by atoms with Gasteiger partial charge in [0.1, 0.15) is 0 Å². The quantitative estimate of drug-likeness (QED) is 0.346. The molecule has 1 aliphatic rings. The number of ether oxygens (including phenoxy) is 1. The molecule has 5 nitrogen and oxygen atoms in total. The van der Waals surface area contributed by atoms with Gasteiger partial charge in [0, 0.05) is 22.8 Å². The molecule has 0 fully saturated rings. The second kappa shape index (κ2) is 9.41. The molecular formula is C30H32N2O3. The number of benzene rings is 2. The zero-order valence-electron chi connectivity index (χ0n) is 21.5. The first-order valence-corrected chi connectivity index (χ1v) is 11.8. The van der Waals surface area contributed by atoms with Gasteiger partial charge in [-0.1, -0.05) is 35.9 Å². The lowest BCUT2D eigenvalue weighted by Crippen LogP contribution is -2.24. The van der Waals surface area contributed by atoms with Crippen LogP contribution in [0.4, 0.5) is 0 Å². The van der Waals surface area contributed by atoms with Gasteiger partial charge in [0.05, 0.1) is 24.8 Å². The number of esters is 1. The van der Waals surface area contributed by atoms with Crippen LogP contribution in [0, 0.1) is 34.6 Å². The van der Waals surface area contributed by atoms with Crippen LogP contribution in [0.25, 0.3) is 11.8 Å². The lowest BCUT2D eigenvalue weighted by molar-refractivity contribution is -0.136. The molecule has 35 heavy (non-hydrogen) atoms. The number of methoxy groups -OCH3 is 1. The molecule has 1 aromatic heterocycles. The fraction of sp³-hybridized carbons (Fsp3) is 0.267. The Balaban J connectivity index is 1.78. The van der Waals surface area contributed by atoms with Crippen molar-refractivity contribution in [1.82, 2.24) is 9.47 Å². The SMILES string of the molecule is COC(=O)C1=C(C)N(Cc2ccc(C)cc2)C(=O)C1=Cc1cc(C)n(-c2ccc(C)c(C)c2)c1C. The molecule has 180 valence electrons. The van der Waals surface area contributed by atoms with E-state index < -0.39 is 5.97 Å². The molecule has 3 aromatic rings. The molecule has 0 N–H and O–H groups in total. The largest absolute Gasteiger partial charge is 0.465 e. The molecule has 0 spiro atoms. The number of hydrogen-bond donors (Lipinski definition) is 0. The van der Waals surface area contributed by atoms with Gasteiger partial charge in [-0.15, -0.1) is 0 Å². The number of nitrogens with zero attached hydrogens (tertiary/aromatic N) is 2. The number of aromatic nitrogens is 1. The van der Waals surface area contributed by atoms with Crippen molar-refractivity contribution >= 4 is 18.0 Å². The minimum absolute atomic E-state index is 0.195. The number of aryl methyl sites for hydroxylation is 4. The van der Waals surface area contributed by atoms with E-state index in [9.17, 15) is 9.59 Å². The first-order chi connectivity index (χ1) is 16.6. The van der Waals surface area contributed by atoms with Crippen molar-refractivity contribution in [2.24, 2.45) is 0 Å². The van der Waals surface area contributed by atoms with Gasteiger partial charge in [-0.3, -0.25) is 4.79 Å². The van der Waals surface area contributed by atoms with E-state index in [1.165, 1.54) is 18.2 Å². The summed E-state index contributed by atoms with van der Waals surface area (Å²) in [6.45, 7) is 12.5. The van der Waals surface area contributed by atoms with Gasteiger partial charge in [0.15, 0.2) is 0 Å². The van der Waals surface area contributed by atoms with E-state index in [0.717, 1.165) is 33.8 Å². The lowest BCUT2D eigenvalue weighted by Gasteiger charge is -2.18. The van der Waals surface area contributed by atoms with Gasteiger partial charge in [0.25, 0.3) is 5.91 Å². The molecule has 1 amide bonds. The Kier molecular flexibility index (Phi) is 6.53. The number of amides is 1. The van der Waals surface area contributed by atoms with Crippen molar-refractivity contribution in [3.63, 3.8) is 0 Å². The summed E-state index contributed by atoms with van der Waals surface area (Å²) in [7, 11) is 1.35. The number of allylic oxidation sites excluding steroid dienone is 1. The highest BCUT2D eigenvalue weighted by atomic mass is 16.5. The predicted octanol–water partition coefficient (Wildman–Crippen LogP) is 5.89. The van der Waals surface area contributed by atoms with E-state index in [-0.39, 0.29) is 5.91 Å². The monoisotopic (exact) mass is 468 g/mol. The third kappa shape index (κ3) is 4.46. The molecule has 0 aliphatic carbocycles. The van der Waals surface area contributed by atoms with Crippen LogP contribution in [-0.2, 0) is 20.9 Å². The summed E-state index contributed by atoms with van der Waals surface area (Å²) in [6.07, 6.45) is 1.83. The molecule has 0 unspecified atom stereocenters. The standard InChI is InChI=1S/C30H32N2O3/c1-18-8-11-24(12-9-18)17-31-23(6)28(30(34)35-7)27(29(31)33)16-25-15-21(4)32(22(25)5)26-13-10-19(2)20(3)14-26/h8-16H,17H2,1-7H3. The summed E-state index contributed by atoms with van der Waals surface area (Å²) >= 11 is 0. The fourth-order valence-corrected chi connectivity index (χ4v) is 4.65. The molecule has 2 aromatic carbocycles. The summed E-state index contributed by atoms with van der Waals surface area (Å²) in [5.74, 6) is -0.698. The van der Waals surface area contributed by atoms with Crippen molar-refractivity contribution in [2.45, 2.75) is 48.1 Å². The van der Waals surface area contributed by atoms with Gasteiger partial charge in [-0.2, -0.15) is 0 Å². The first kappa shape index (κ1) is 24.3. The van der Waals surface area contributed by atoms with Crippen LogP contribution >= 0.6 is 0 Å². The van der Waals surface area contributed by atoms with Crippen molar-refractivity contribution in [3.05, 3.63) is 105 Å². The van der Waals surface area contributed by atoms with E-state index in [0.29, 0.717) is 23.4 Å². The Bertz CT molecular complexity index is 1390. The van der Waals surface area contributed by atoms with E-state index in [1.54, 1.807) is 11.8 Å². The molecule has 1 aliphatic heterocycles. The van der Waals surface area contributed by atoms with Crippen LogP contribution < -0.4 is 0 Å². The smallest absolute Gasteiger partial charge is 0.340 e. The Morgan fingerprint density at radius 3 is 2.23 bits per heavy atom. The van der Waals surface area contributed by atoms with E-state index in [1.807, 2.05) is 51.1 Å². The predicted molar refractivity (Wildman–Crippen MR) is 139 cm³/mol. The zero-order chi connectivity index (χ0) is 25.4. The Morgan fingerprint density at radius 2 is 1.60 bits per heavy atom. The van der Waals surface area contributed by atoms with Gasteiger partial charge in [0.2, 0.25) is 0 Å². The number of carbonyl (C=O) groups excluding carboxylic acids is 2. The summed E-state index contributed by atoms with van der Waals surface area (Å²) < 4.78 is 7.24. The summed E-state index contributed by atoms with van der Waals surface area (Å²) in [6, 6.07) is 16.5. The zero-order valence-corrected chi connectivity index (χ0v) is 21.5. The van der Waals surface area contributed by atoms with Gasteiger partial charge in [-0.25, -0.2) is 4.79 Å². The second-order valence-corrected chi connectivity index (χ2v) is 9.32. The Labute approximate surface area is 207 Å². The van der Waals surface area contributed by atoms with Crippen LogP contribution in [0.5, 0.6) is 0 Å². The molecule has 0 bridgehead atoms. The van der Waals surface area contributed by atoms with Crippen LogP contribution in [0.15, 0.2) is 65.4 Å². The molecule has 0 saturated carbocycles. The van der Waals surface area contributed by atoms with Crippen molar-refractivity contribution < 1.29 is 14.3 Å². The molecule has 0 atom stereocenters. The van der Waals surface area contributed by atoms with Crippen LogP contribution in [-0.4, -0.2) is 28.5 Å². The second-order valence-electron chi connectivity index (χ2n) is 9.32. The number of rotatable bonds is 5. The highest BCUT2D eigenvalue weighted by Gasteiger charge is 2.37. The highest BCUT2D eigenvalue weighted by molar-refractivity contribution is 6.16. The maximum absolute atomic E-state index is 13.6. The fourth-order valence-electron chi connectivity index (χ4n) is 4.65. The maximum Gasteiger partial charge on any atom is 0.340 e. The van der Waals surface area contributed by atoms with Crippen molar-refractivity contribution in [3.8, 4) is 5.69 Å². The average Bonchev–Trinajstić information content (AvgIpc) is 3.23. The van der Waals surface area contributed by atoms with E-state index in [2.05, 4.69) is 42.7 Å². The molecule has 2 heterocycles. The minimum Gasteiger partial charge on any atom is -0.465 e. The molecule has 0 saturated heterocycles. The molecule has 0 radical (unpaired) electrons. The number of carbonyl (C=O) groups is 2. The van der Waals surface area contributed by atoms with Crippen LogP contribution in [0.2, 0.25) is 0 Å². The molecule has 5 heteroatoms. The molecular weight excluding hydrogens is 436 g/mol. The van der Waals surface area contributed by atoms with Crippen LogP contribution in [0.1, 0.15) is 46.1 Å². The highest BCUT2D eigenvalue weighted by Crippen LogP contribution is 2.34. The molecule has 4 rings (SSSR count). The summed E-state index contributed by atoms with van der Waals surface area (Å²) in [5.41, 5.74) is 9.95. The van der Waals surface area contributed by atoms with E-state index in [4.69, 9.17) is 4.74 Å². The minimum atomic E-state index is -0.503. The van der Waals surface area contributed by atoms with E-state index >= 15 is 0 Å². The average molecular weight is 469 g/mol. The van der Waals surface area contributed by atoms with Gasteiger partial charge >= 0.3 is 5.97 Å². The summed E-state index contributed by atoms with van der Waals surface area (Å²) in [5, 5.41) is 0. The maximum atomic E-state index is 13.6. The van der Waals surface area contributed by atoms with Crippen molar-refractivity contribution in [1.29, 1.82) is 0 Å². The third-order valence-electron chi connectivity index (χ3n) is 6.88. The first-order valence-electron chi connectivity index (χ1n) is 11.8. The van der Waals surface area contributed by atoms with Crippen molar-refractivity contribution in [2.75, 3.05) is 7.11 Å². The Hall–Kier alpha value is -3.86. The van der Waals surface area contributed by atoms with Gasteiger partial charge < -0.3 is 14.2 Å². The Morgan fingerprint density at radius 1 is 0.914 bits per heavy atom. The van der Waals surface area contributed by atoms with Crippen LogP contribution in [0.3, 0.4) is 0 Å².